The molecule has 3 aromatic carbocycles. The number of rotatable bonds is 7. The van der Waals surface area contributed by atoms with Crippen LogP contribution in [0.3, 0.4) is 0 Å². The van der Waals surface area contributed by atoms with E-state index >= 15 is 0 Å². The predicted molar refractivity (Wildman–Crippen MR) is 109 cm³/mol. The SMILES string of the molecule is C[C@@H](C(=O)NC(c1ccccc1)c1ccccc1)[NH+](C)Cc1cccc(F)c1. The van der Waals surface area contributed by atoms with E-state index in [1.807, 2.05) is 80.7 Å². The third-order valence-corrected chi connectivity index (χ3v) is 5.06. The molecule has 0 aliphatic heterocycles. The van der Waals surface area contributed by atoms with Gasteiger partial charge in [0.2, 0.25) is 0 Å². The number of likely N-dealkylation sites (N-methyl/N-ethyl adjacent to an activating group) is 1. The zero-order valence-electron chi connectivity index (χ0n) is 16.2. The van der Waals surface area contributed by atoms with Gasteiger partial charge in [0, 0.05) is 5.56 Å². The highest BCUT2D eigenvalue weighted by Gasteiger charge is 2.25. The lowest BCUT2D eigenvalue weighted by atomic mass is 9.98. The molecule has 1 unspecified atom stereocenters. The van der Waals surface area contributed by atoms with Crippen molar-refractivity contribution in [3.8, 4) is 0 Å². The van der Waals surface area contributed by atoms with Crippen LogP contribution in [0.2, 0.25) is 0 Å². The Morgan fingerprint density at radius 3 is 2.04 bits per heavy atom. The van der Waals surface area contributed by atoms with Crippen LogP contribution in [-0.4, -0.2) is 19.0 Å². The first kappa shape index (κ1) is 19.8. The van der Waals surface area contributed by atoms with Crippen LogP contribution in [-0.2, 0) is 11.3 Å². The standard InChI is InChI=1S/C24H25FN2O/c1-18(27(2)17-19-10-9-15-22(25)16-19)24(28)26-23(20-11-5-3-6-12-20)21-13-7-4-8-14-21/h3-16,18,23H,17H2,1-2H3,(H,26,28)/p+1/t18-/m0/s1. The molecule has 0 aliphatic rings. The second-order valence-corrected chi connectivity index (χ2v) is 7.14. The molecule has 0 radical (unpaired) electrons. The number of amides is 1. The molecule has 0 saturated heterocycles. The van der Waals surface area contributed by atoms with Crippen molar-refractivity contribution in [1.29, 1.82) is 0 Å². The van der Waals surface area contributed by atoms with E-state index in [9.17, 15) is 9.18 Å². The lowest BCUT2D eigenvalue weighted by Crippen LogP contribution is -3.12. The van der Waals surface area contributed by atoms with Crippen LogP contribution in [0, 0.1) is 5.82 Å². The summed E-state index contributed by atoms with van der Waals surface area (Å²) in [5.41, 5.74) is 2.95. The minimum Gasteiger partial charge on any atom is -0.340 e. The van der Waals surface area contributed by atoms with Crippen LogP contribution in [0.4, 0.5) is 4.39 Å². The molecule has 0 aromatic heterocycles. The fourth-order valence-corrected chi connectivity index (χ4v) is 3.26. The summed E-state index contributed by atoms with van der Waals surface area (Å²) in [5.74, 6) is -0.290. The summed E-state index contributed by atoms with van der Waals surface area (Å²) in [7, 11) is 1.95. The highest BCUT2D eigenvalue weighted by atomic mass is 19.1. The van der Waals surface area contributed by atoms with Crippen LogP contribution < -0.4 is 10.2 Å². The van der Waals surface area contributed by atoms with E-state index in [0.717, 1.165) is 21.6 Å². The third-order valence-electron chi connectivity index (χ3n) is 5.06. The van der Waals surface area contributed by atoms with E-state index in [2.05, 4.69) is 5.32 Å². The molecule has 2 N–H and O–H groups in total. The van der Waals surface area contributed by atoms with E-state index in [1.54, 1.807) is 6.07 Å². The Kier molecular flexibility index (Phi) is 6.56. The van der Waals surface area contributed by atoms with Gasteiger partial charge in [-0.05, 0) is 30.2 Å². The van der Waals surface area contributed by atoms with Crippen LogP contribution in [0.25, 0.3) is 0 Å². The van der Waals surface area contributed by atoms with Crippen molar-refractivity contribution < 1.29 is 14.1 Å². The Balaban J connectivity index is 1.74. The largest absolute Gasteiger partial charge is 0.340 e. The zero-order chi connectivity index (χ0) is 19.9. The van der Waals surface area contributed by atoms with Gasteiger partial charge in [-0.15, -0.1) is 0 Å². The van der Waals surface area contributed by atoms with Gasteiger partial charge < -0.3 is 10.2 Å². The monoisotopic (exact) mass is 377 g/mol. The van der Waals surface area contributed by atoms with Gasteiger partial charge in [0.1, 0.15) is 12.4 Å². The van der Waals surface area contributed by atoms with E-state index in [4.69, 9.17) is 0 Å². The van der Waals surface area contributed by atoms with Gasteiger partial charge in [-0.25, -0.2) is 4.39 Å². The molecule has 0 fully saturated rings. The van der Waals surface area contributed by atoms with Crippen LogP contribution in [0.1, 0.15) is 29.7 Å². The molecule has 4 heteroatoms. The number of carbonyl (C=O) groups is 1. The quantitative estimate of drug-likeness (QED) is 0.652. The lowest BCUT2D eigenvalue weighted by molar-refractivity contribution is -0.908. The van der Waals surface area contributed by atoms with Gasteiger partial charge in [-0.3, -0.25) is 4.79 Å². The first-order valence-corrected chi connectivity index (χ1v) is 9.51. The second kappa shape index (κ2) is 9.29. The average molecular weight is 377 g/mol. The number of nitrogens with one attached hydrogen (secondary N) is 2. The molecule has 3 nitrogen and oxygen atoms in total. The van der Waals surface area contributed by atoms with Crippen LogP contribution in [0.5, 0.6) is 0 Å². The summed E-state index contributed by atoms with van der Waals surface area (Å²) in [6, 6.07) is 25.9. The molecule has 144 valence electrons. The maximum atomic E-state index is 13.4. The van der Waals surface area contributed by atoms with E-state index in [0.29, 0.717) is 6.54 Å². The van der Waals surface area contributed by atoms with Gasteiger partial charge in [0.05, 0.1) is 13.1 Å². The fraction of sp³-hybridized carbons (Fsp3) is 0.208. The first-order valence-electron chi connectivity index (χ1n) is 9.51. The first-order chi connectivity index (χ1) is 13.5. The molecule has 2 atom stereocenters. The number of benzene rings is 3. The Labute approximate surface area is 165 Å². The number of halogens is 1. The molecule has 1 amide bonds. The zero-order valence-corrected chi connectivity index (χ0v) is 16.2. The highest BCUT2D eigenvalue weighted by Crippen LogP contribution is 2.21. The van der Waals surface area contributed by atoms with Crippen molar-refractivity contribution in [2.24, 2.45) is 0 Å². The average Bonchev–Trinajstić information content (AvgIpc) is 2.72. The molecular weight excluding hydrogens is 351 g/mol. The summed E-state index contributed by atoms with van der Waals surface area (Å²) in [5, 5.41) is 3.19. The summed E-state index contributed by atoms with van der Waals surface area (Å²) >= 11 is 0. The normalized spacial score (nSPS) is 13.1. The van der Waals surface area contributed by atoms with Gasteiger partial charge in [0.15, 0.2) is 6.04 Å². The molecule has 0 spiro atoms. The summed E-state index contributed by atoms with van der Waals surface area (Å²) in [6.45, 7) is 2.48. The second-order valence-electron chi connectivity index (χ2n) is 7.14. The van der Waals surface area contributed by atoms with Crippen molar-refractivity contribution in [2.75, 3.05) is 7.05 Å². The van der Waals surface area contributed by atoms with Crippen molar-refractivity contribution in [3.05, 3.63) is 107 Å². The molecule has 0 saturated carbocycles. The maximum absolute atomic E-state index is 13.4. The highest BCUT2D eigenvalue weighted by molar-refractivity contribution is 5.80. The van der Waals surface area contributed by atoms with E-state index < -0.39 is 0 Å². The summed E-state index contributed by atoms with van der Waals surface area (Å²) < 4.78 is 13.4. The third kappa shape index (κ3) is 5.05. The smallest absolute Gasteiger partial charge is 0.278 e. The van der Waals surface area contributed by atoms with Crippen molar-refractivity contribution in [3.63, 3.8) is 0 Å². The molecule has 3 rings (SSSR count). The number of hydrogen-bond acceptors (Lipinski definition) is 1. The van der Waals surface area contributed by atoms with Crippen molar-refractivity contribution in [2.45, 2.75) is 25.6 Å². The predicted octanol–water partition coefficient (Wildman–Crippen LogP) is 3.13. The molecular formula is C24H26FN2O+. The Morgan fingerprint density at radius 2 is 1.50 bits per heavy atom. The number of quaternary nitrogens is 1. The van der Waals surface area contributed by atoms with Crippen molar-refractivity contribution in [1.82, 2.24) is 5.32 Å². The minimum atomic E-state index is -0.279. The van der Waals surface area contributed by atoms with Gasteiger partial charge in [0.25, 0.3) is 5.91 Å². The Hall–Kier alpha value is -2.98. The Morgan fingerprint density at radius 1 is 0.929 bits per heavy atom. The molecule has 0 heterocycles. The van der Waals surface area contributed by atoms with Crippen LogP contribution >= 0.6 is 0 Å². The van der Waals surface area contributed by atoms with Gasteiger partial charge in [-0.1, -0.05) is 72.8 Å². The topological polar surface area (TPSA) is 33.5 Å². The minimum absolute atomic E-state index is 0.0355. The Bertz CT molecular complexity index is 859. The number of hydrogen-bond donors (Lipinski definition) is 2. The van der Waals surface area contributed by atoms with Gasteiger partial charge >= 0.3 is 0 Å². The molecule has 28 heavy (non-hydrogen) atoms. The van der Waals surface area contributed by atoms with Crippen molar-refractivity contribution >= 4 is 5.91 Å². The molecule has 0 aliphatic carbocycles. The summed E-state index contributed by atoms with van der Waals surface area (Å²) in [4.78, 5) is 14.0. The van der Waals surface area contributed by atoms with Crippen LogP contribution in [0.15, 0.2) is 84.9 Å². The molecule has 0 bridgehead atoms. The molecule has 3 aromatic rings. The maximum Gasteiger partial charge on any atom is 0.278 e. The van der Waals surface area contributed by atoms with Gasteiger partial charge in [-0.2, -0.15) is 0 Å². The summed E-state index contributed by atoms with van der Waals surface area (Å²) in [6.07, 6.45) is 0. The fourth-order valence-electron chi connectivity index (χ4n) is 3.26. The van der Waals surface area contributed by atoms with E-state index in [1.165, 1.54) is 12.1 Å². The lowest BCUT2D eigenvalue weighted by Gasteiger charge is -2.25. The number of carbonyl (C=O) groups excluding carboxylic acids is 1. The van der Waals surface area contributed by atoms with E-state index in [-0.39, 0.29) is 23.8 Å².